The van der Waals surface area contributed by atoms with Crippen LogP contribution in [0.15, 0.2) is 41.2 Å². The number of carbonyl (C=O) groups is 1. The Hall–Kier alpha value is -2.66. The molecule has 0 spiro atoms. The number of aromatic nitrogens is 2. The maximum absolute atomic E-state index is 13.9. The Labute approximate surface area is 265 Å². The van der Waals surface area contributed by atoms with Gasteiger partial charge in [0.1, 0.15) is 18.1 Å². The summed E-state index contributed by atoms with van der Waals surface area (Å²) in [4.78, 5) is 30.5. The highest BCUT2D eigenvalue weighted by molar-refractivity contribution is 6.76. The number of carbonyl (C=O) groups excluding carboxylic acids is 1. The first kappa shape index (κ1) is 34.2. The molecule has 3 aromatic rings. The summed E-state index contributed by atoms with van der Waals surface area (Å²) in [6.07, 6.45) is 0.519. The molecule has 0 aliphatic carbocycles. The van der Waals surface area contributed by atoms with Crippen LogP contribution in [-0.4, -0.2) is 60.5 Å². The molecule has 1 aromatic heterocycles. The zero-order valence-corrected chi connectivity index (χ0v) is 28.9. The lowest BCUT2D eigenvalue weighted by Crippen LogP contribution is -2.48. The Kier molecular flexibility index (Phi) is 10.7. The summed E-state index contributed by atoms with van der Waals surface area (Å²) >= 11 is 6.26. The number of H-pyrrole nitrogens is 1. The van der Waals surface area contributed by atoms with Crippen molar-refractivity contribution in [3.63, 3.8) is 0 Å². The van der Waals surface area contributed by atoms with Crippen molar-refractivity contribution in [2.75, 3.05) is 26.3 Å². The minimum Gasteiger partial charge on any atom is -0.444 e. The highest BCUT2D eigenvalue weighted by atomic mass is 35.5. The Bertz CT molecular complexity index is 1480. The number of aromatic amines is 1. The van der Waals surface area contributed by atoms with Gasteiger partial charge in [0.2, 0.25) is 0 Å². The van der Waals surface area contributed by atoms with Gasteiger partial charge < -0.3 is 24.1 Å². The number of nitrogens with one attached hydrogen (secondary N) is 1. The van der Waals surface area contributed by atoms with E-state index < -0.39 is 25.2 Å². The molecule has 1 unspecified atom stereocenters. The van der Waals surface area contributed by atoms with E-state index in [9.17, 15) is 14.0 Å². The van der Waals surface area contributed by atoms with Crippen molar-refractivity contribution < 1.29 is 23.4 Å². The van der Waals surface area contributed by atoms with Crippen LogP contribution in [-0.2, 0) is 32.2 Å². The molecule has 1 aliphatic heterocycles. The smallest absolute Gasteiger partial charge is 0.410 e. The molecular formula is C33H47ClFN3O5Si. The number of nitrogens with zero attached hydrogens (tertiary/aromatic N) is 2. The number of fused-ring (bicyclic) bond motifs is 1. The number of ether oxygens (including phenoxy) is 3. The molecule has 242 valence electrons. The summed E-state index contributed by atoms with van der Waals surface area (Å²) in [5.74, 6) is -0.0163. The minimum atomic E-state index is -1.28. The first-order valence-corrected chi connectivity index (χ1v) is 19.6. The van der Waals surface area contributed by atoms with Gasteiger partial charge in [-0.1, -0.05) is 31.8 Å². The van der Waals surface area contributed by atoms with Crippen LogP contribution < -0.4 is 5.69 Å². The van der Waals surface area contributed by atoms with E-state index in [1.54, 1.807) is 21.6 Å². The molecule has 1 fully saturated rings. The fourth-order valence-corrected chi connectivity index (χ4v) is 6.49. The van der Waals surface area contributed by atoms with E-state index in [4.69, 9.17) is 25.8 Å². The van der Waals surface area contributed by atoms with Crippen molar-refractivity contribution in [2.24, 2.45) is 0 Å². The Morgan fingerprint density at radius 1 is 1.14 bits per heavy atom. The van der Waals surface area contributed by atoms with E-state index in [2.05, 4.69) is 24.6 Å². The number of halogens is 2. The summed E-state index contributed by atoms with van der Waals surface area (Å²) in [6, 6.07) is 11.4. The molecule has 11 heteroatoms. The number of likely N-dealkylation sites (tertiary alicyclic amines) is 1. The van der Waals surface area contributed by atoms with Crippen LogP contribution in [0.5, 0.6) is 0 Å². The number of rotatable bonds is 11. The van der Waals surface area contributed by atoms with E-state index in [-0.39, 0.29) is 30.2 Å². The van der Waals surface area contributed by atoms with Gasteiger partial charge in [-0.3, -0.25) is 4.57 Å². The van der Waals surface area contributed by atoms with Crippen molar-refractivity contribution in [1.29, 1.82) is 0 Å². The quantitative estimate of drug-likeness (QED) is 0.132. The third-order valence-corrected chi connectivity index (χ3v) is 10.2. The zero-order valence-electron chi connectivity index (χ0n) is 27.1. The number of amides is 1. The van der Waals surface area contributed by atoms with Gasteiger partial charge in [0, 0.05) is 44.6 Å². The highest BCUT2D eigenvalue weighted by Crippen LogP contribution is 2.38. The van der Waals surface area contributed by atoms with Gasteiger partial charge in [-0.15, -0.1) is 11.6 Å². The average molecular weight is 648 g/mol. The van der Waals surface area contributed by atoms with E-state index in [0.717, 1.165) is 28.3 Å². The predicted octanol–water partition coefficient (Wildman–Crippen LogP) is 7.57. The van der Waals surface area contributed by atoms with Crippen LogP contribution in [0.1, 0.15) is 63.3 Å². The summed E-state index contributed by atoms with van der Waals surface area (Å²) in [6.45, 7) is 16.5. The molecular weight excluding hydrogens is 601 g/mol. The molecule has 2 heterocycles. The fourth-order valence-electron chi connectivity index (χ4n) is 5.58. The first-order chi connectivity index (χ1) is 20.6. The molecule has 1 N–H and O–H groups in total. The standard InChI is InChI=1S/C33H47ClFN3O5Si/c1-23(27-18-24(20-34)19-28-29(27)38(30(39)36-28)22-41-16-17-44(5,6)7)42-21-33(25-8-10-26(35)11-9-25)12-14-37(15-13-33)31(40)43-32(2,3)4/h8-11,18-19,23H,12-17,20-22H2,1-7H3,(H,36,39). The van der Waals surface area contributed by atoms with Gasteiger partial charge in [-0.2, -0.15) is 0 Å². The topological polar surface area (TPSA) is 85.8 Å². The number of hydrogen-bond acceptors (Lipinski definition) is 5. The number of imidazole rings is 1. The number of piperidine rings is 1. The third-order valence-electron chi connectivity index (χ3n) is 8.20. The van der Waals surface area contributed by atoms with Crippen LogP contribution in [0.25, 0.3) is 11.0 Å². The molecule has 0 bridgehead atoms. The molecule has 0 saturated carbocycles. The van der Waals surface area contributed by atoms with Gasteiger partial charge in [0.25, 0.3) is 0 Å². The number of benzene rings is 2. The van der Waals surface area contributed by atoms with Crippen LogP contribution in [0.4, 0.5) is 9.18 Å². The second kappa shape index (κ2) is 13.8. The summed E-state index contributed by atoms with van der Waals surface area (Å²) in [5.41, 5.74) is 2.83. The largest absolute Gasteiger partial charge is 0.444 e. The number of hydrogen-bond donors (Lipinski definition) is 1. The van der Waals surface area contributed by atoms with Crippen molar-refractivity contribution in [1.82, 2.24) is 14.5 Å². The summed E-state index contributed by atoms with van der Waals surface area (Å²) in [7, 11) is -1.28. The second-order valence-electron chi connectivity index (χ2n) is 14.1. The van der Waals surface area contributed by atoms with Crippen molar-refractivity contribution in [2.45, 2.75) is 96.0 Å². The van der Waals surface area contributed by atoms with Crippen LogP contribution in [0.3, 0.4) is 0 Å². The van der Waals surface area contributed by atoms with E-state index in [0.29, 0.717) is 44.7 Å². The molecule has 4 rings (SSSR count). The molecule has 1 saturated heterocycles. The Balaban J connectivity index is 1.59. The van der Waals surface area contributed by atoms with Gasteiger partial charge in [-0.25, -0.2) is 14.0 Å². The SMILES string of the molecule is CC(OCC1(c2ccc(F)cc2)CCN(C(=O)OC(C)(C)C)CC1)c1cc(CCl)cc2[nH]c(=O)n(COCC[Si](C)(C)C)c12. The summed E-state index contributed by atoms with van der Waals surface area (Å²) in [5, 5.41) is 0. The van der Waals surface area contributed by atoms with Crippen LogP contribution >= 0.6 is 11.6 Å². The molecule has 8 nitrogen and oxygen atoms in total. The third kappa shape index (κ3) is 8.53. The van der Waals surface area contributed by atoms with E-state index in [1.165, 1.54) is 12.1 Å². The number of alkyl halides is 1. The van der Waals surface area contributed by atoms with Gasteiger partial charge in [-0.05, 0) is 82.0 Å². The Morgan fingerprint density at radius 2 is 1.80 bits per heavy atom. The summed E-state index contributed by atoms with van der Waals surface area (Å²) < 4.78 is 33.8. The highest BCUT2D eigenvalue weighted by Gasteiger charge is 2.39. The van der Waals surface area contributed by atoms with Gasteiger partial charge in [0.05, 0.1) is 23.7 Å². The lowest BCUT2D eigenvalue weighted by Gasteiger charge is -2.42. The lowest BCUT2D eigenvalue weighted by molar-refractivity contribution is -0.00946. The second-order valence-corrected chi connectivity index (χ2v) is 20.0. The normalized spacial score (nSPS) is 16.3. The van der Waals surface area contributed by atoms with E-state index in [1.807, 2.05) is 39.8 Å². The monoisotopic (exact) mass is 647 g/mol. The van der Waals surface area contributed by atoms with Crippen molar-refractivity contribution >= 4 is 36.8 Å². The first-order valence-electron chi connectivity index (χ1n) is 15.4. The van der Waals surface area contributed by atoms with Crippen LogP contribution in [0.2, 0.25) is 25.7 Å². The minimum absolute atomic E-state index is 0.142. The molecule has 1 amide bonds. The molecule has 2 aromatic carbocycles. The van der Waals surface area contributed by atoms with Crippen LogP contribution in [0, 0.1) is 5.82 Å². The van der Waals surface area contributed by atoms with Crippen molar-refractivity contribution in [3.05, 3.63) is 69.4 Å². The molecule has 44 heavy (non-hydrogen) atoms. The molecule has 1 aliphatic rings. The fraction of sp³-hybridized carbons (Fsp3) is 0.576. The van der Waals surface area contributed by atoms with E-state index >= 15 is 0 Å². The maximum Gasteiger partial charge on any atom is 0.410 e. The predicted molar refractivity (Wildman–Crippen MR) is 176 cm³/mol. The Morgan fingerprint density at radius 3 is 2.39 bits per heavy atom. The lowest BCUT2D eigenvalue weighted by atomic mass is 9.73. The maximum atomic E-state index is 13.9. The zero-order chi connectivity index (χ0) is 32.3. The van der Waals surface area contributed by atoms with Gasteiger partial charge >= 0.3 is 11.8 Å². The van der Waals surface area contributed by atoms with Crippen molar-refractivity contribution in [3.8, 4) is 0 Å². The van der Waals surface area contributed by atoms with Gasteiger partial charge in [0.15, 0.2) is 0 Å². The average Bonchev–Trinajstić information content (AvgIpc) is 3.27. The molecule has 1 atom stereocenters. The molecule has 0 radical (unpaired) electrons.